The Labute approximate surface area is 152 Å². The Bertz CT molecular complexity index is 907. The number of benzene rings is 2. The predicted molar refractivity (Wildman–Crippen MR) is 97.7 cm³/mol. The number of nitrogens with zero attached hydrogens (tertiary/aromatic N) is 2. The van der Waals surface area contributed by atoms with Crippen molar-refractivity contribution in [1.29, 1.82) is 0 Å². The lowest BCUT2D eigenvalue weighted by molar-refractivity contribution is -0.129. The molecule has 126 valence electrons. The molecule has 2 aromatic rings. The van der Waals surface area contributed by atoms with Gasteiger partial charge in [0.05, 0.1) is 22.8 Å². The van der Waals surface area contributed by atoms with Gasteiger partial charge in [0.25, 0.3) is 5.91 Å². The Morgan fingerprint density at radius 2 is 1.96 bits per heavy atom. The third kappa shape index (κ3) is 3.32. The second kappa shape index (κ2) is 6.90. The summed E-state index contributed by atoms with van der Waals surface area (Å²) >= 11 is 3.37. The van der Waals surface area contributed by atoms with Crippen LogP contribution in [-0.2, 0) is 9.59 Å². The fourth-order valence-electron chi connectivity index (χ4n) is 2.39. The number of para-hydroxylation sites is 1. The number of carboxylic acid groups (broad SMARTS) is 1. The first kappa shape index (κ1) is 16.9. The molecule has 0 radical (unpaired) electrons. The van der Waals surface area contributed by atoms with Crippen molar-refractivity contribution in [3.05, 3.63) is 64.1 Å². The van der Waals surface area contributed by atoms with Crippen LogP contribution in [0.1, 0.15) is 5.56 Å². The van der Waals surface area contributed by atoms with E-state index in [1.165, 1.54) is 6.08 Å². The minimum atomic E-state index is -1.26. The number of rotatable bonds is 4. The summed E-state index contributed by atoms with van der Waals surface area (Å²) in [4.78, 5) is 24.2. The number of hydrogen-bond donors (Lipinski definition) is 1. The van der Waals surface area contributed by atoms with E-state index in [2.05, 4.69) is 21.0 Å². The van der Waals surface area contributed by atoms with Crippen molar-refractivity contribution in [2.45, 2.75) is 0 Å². The molecule has 6 nitrogen and oxygen atoms in total. The highest BCUT2D eigenvalue weighted by Crippen LogP contribution is 2.29. The van der Waals surface area contributed by atoms with Crippen molar-refractivity contribution in [1.82, 2.24) is 0 Å². The number of ether oxygens (including phenoxy) is 1. The van der Waals surface area contributed by atoms with Gasteiger partial charge in [0.1, 0.15) is 5.75 Å². The van der Waals surface area contributed by atoms with Gasteiger partial charge in [-0.3, -0.25) is 4.79 Å². The van der Waals surface area contributed by atoms with Crippen LogP contribution in [0.5, 0.6) is 5.75 Å². The van der Waals surface area contributed by atoms with Crippen LogP contribution in [0.2, 0.25) is 0 Å². The Hall–Kier alpha value is -2.93. The number of anilines is 1. The molecular formula is C18H13BrN2O4. The normalized spacial score (nSPS) is 15.4. The molecule has 25 heavy (non-hydrogen) atoms. The Balaban J connectivity index is 2.03. The molecule has 1 aliphatic rings. The van der Waals surface area contributed by atoms with Gasteiger partial charge in [-0.1, -0.05) is 24.3 Å². The number of hydrazone groups is 1. The van der Waals surface area contributed by atoms with Crippen LogP contribution in [0.15, 0.2) is 63.7 Å². The summed E-state index contributed by atoms with van der Waals surface area (Å²) in [6, 6.07) is 13.9. The summed E-state index contributed by atoms with van der Waals surface area (Å²) in [5.41, 5.74) is 0.889. The van der Waals surface area contributed by atoms with Gasteiger partial charge in [-0.15, -0.1) is 0 Å². The topological polar surface area (TPSA) is 79.2 Å². The monoisotopic (exact) mass is 400 g/mol. The van der Waals surface area contributed by atoms with Crippen molar-refractivity contribution in [3.8, 4) is 5.75 Å². The van der Waals surface area contributed by atoms with E-state index >= 15 is 0 Å². The van der Waals surface area contributed by atoms with Crippen LogP contribution < -0.4 is 9.75 Å². The standard InChI is InChI=1S/C18H13BrN2O4/c1-25-15-8-7-11(10-14(15)19)9-13-16(18(23)24)20-21(17(13)22)12-5-3-2-4-6-12/h2-10H,1H3,(H,23,24)/b13-9-. The molecular weight excluding hydrogens is 388 g/mol. The van der Waals surface area contributed by atoms with E-state index in [-0.39, 0.29) is 11.3 Å². The van der Waals surface area contributed by atoms with Crippen LogP contribution >= 0.6 is 15.9 Å². The summed E-state index contributed by atoms with van der Waals surface area (Å²) in [5, 5.41) is 14.5. The third-order valence-corrected chi connectivity index (χ3v) is 4.19. The minimum absolute atomic E-state index is 0.0217. The molecule has 1 N–H and O–H groups in total. The highest BCUT2D eigenvalue weighted by atomic mass is 79.9. The molecule has 0 unspecified atom stereocenters. The SMILES string of the molecule is COc1ccc(/C=C2\C(=O)N(c3ccccc3)N=C2C(=O)O)cc1Br. The number of carbonyl (C=O) groups excluding carboxylic acids is 1. The van der Waals surface area contributed by atoms with Gasteiger partial charge in [-0.2, -0.15) is 10.1 Å². The number of hydrogen-bond acceptors (Lipinski definition) is 4. The van der Waals surface area contributed by atoms with E-state index in [1.807, 2.05) is 0 Å². The molecule has 0 saturated carbocycles. The van der Waals surface area contributed by atoms with Crippen LogP contribution in [0.25, 0.3) is 6.08 Å². The largest absolute Gasteiger partial charge is 0.496 e. The highest BCUT2D eigenvalue weighted by Gasteiger charge is 2.35. The number of aliphatic carboxylic acids is 1. The number of carbonyl (C=O) groups is 2. The second-order valence-electron chi connectivity index (χ2n) is 5.16. The molecule has 0 aliphatic carbocycles. The second-order valence-corrected chi connectivity index (χ2v) is 6.01. The van der Waals surface area contributed by atoms with Gasteiger partial charge < -0.3 is 9.84 Å². The molecule has 3 rings (SSSR count). The molecule has 0 spiro atoms. The first-order valence-corrected chi connectivity index (χ1v) is 8.07. The average molecular weight is 401 g/mol. The Morgan fingerprint density at radius 1 is 1.24 bits per heavy atom. The van der Waals surface area contributed by atoms with Gasteiger partial charge in [0.2, 0.25) is 0 Å². The zero-order chi connectivity index (χ0) is 18.0. The molecule has 0 aromatic heterocycles. The molecule has 0 bridgehead atoms. The number of halogens is 1. The fraction of sp³-hybridized carbons (Fsp3) is 0.0556. The number of amides is 1. The van der Waals surface area contributed by atoms with E-state index in [0.717, 1.165) is 5.01 Å². The predicted octanol–water partition coefficient (Wildman–Crippen LogP) is 3.33. The number of carboxylic acids is 1. The van der Waals surface area contributed by atoms with Crippen molar-refractivity contribution >= 4 is 45.3 Å². The maximum absolute atomic E-state index is 12.7. The van der Waals surface area contributed by atoms with E-state index in [4.69, 9.17) is 4.74 Å². The molecule has 2 aromatic carbocycles. The Morgan fingerprint density at radius 3 is 2.56 bits per heavy atom. The van der Waals surface area contributed by atoms with Crippen molar-refractivity contribution in [2.75, 3.05) is 12.1 Å². The summed E-state index contributed by atoms with van der Waals surface area (Å²) in [5.74, 6) is -1.11. The van der Waals surface area contributed by atoms with Crippen molar-refractivity contribution in [3.63, 3.8) is 0 Å². The Kier molecular flexibility index (Phi) is 4.67. The van der Waals surface area contributed by atoms with E-state index < -0.39 is 11.9 Å². The zero-order valence-corrected chi connectivity index (χ0v) is 14.7. The van der Waals surface area contributed by atoms with E-state index in [9.17, 15) is 14.7 Å². The van der Waals surface area contributed by atoms with Gasteiger partial charge in [-0.25, -0.2) is 4.79 Å². The quantitative estimate of drug-likeness (QED) is 0.798. The lowest BCUT2D eigenvalue weighted by Crippen LogP contribution is -2.22. The molecule has 0 saturated heterocycles. The summed E-state index contributed by atoms with van der Waals surface area (Å²) in [7, 11) is 1.55. The summed E-state index contributed by atoms with van der Waals surface area (Å²) < 4.78 is 5.86. The average Bonchev–Trinajstić information content (AvgIpc) is 2.93. The maximum Gasteiger partial charge on any atom is 0.357 e. The first-order valence-electron chi connectivity index (χ1n) is 7.28. The van der Waals surface area contributed by atoms with Crippen LogP contribution in [0.4, 0.5) is 5.69 Å². The fourth-order valence-corrected chi connectivity index (χ4v) is 2.94. The smallest absolute Gasteiger partial charge is 0.357 e. The maximum atomic E-state index is 12.7. The highest BCUT2D eigenvalue weighted by molar-refractivity contribution is 9.10. The van der Waals surface area contributed by atoms with Crippen LogP contribution in [-0.4, -0.2) is 29.8 Å². The van der Waals surface area contributed by atoms with E-state index in [1.54, 1.807) is 55.6 Å². The van der Waals surface area contributed by atoms with Gasteiger partial charge in [0, 0.05) is 0 Å². The molecule has 1 heterocycles. The zero-order valence-electron chi connectivity index (χ0n) is 13.1. The lowest BCUT2D eigenvalue weighted by atomic mass is 10.1. The summed E-state index contributed by atoms with van der Waals surface area (Å²) in [6.07, 6.45) is 1.50. The number of methoxy groups -OCH3 is 1. The lowest BCUT2D eigenvalue weighted by Gasteiger charge is -2.10. The van der Waals surface area contributed by atoms with Crippen molar-refractivity contribution < 1.29 is 19.4 Å². The van der Waals surface area contributed by atoms with Crippen LogP contribution in [0.3, 0.4) is 0 Å². The minimum Gasteiger partial charge on any atom is -0.496 e. The molecule has 1 amide bonds. The molecule has 0 fully saturated rings. The van der Waals surface area contributed by atoms with E-state index in [0.29, 0.717) is 21.5 Å². The third-order valence-electron chi connectivity index (χ3n) is 3.57. The summed E-state index contributed by atoms with van der Waals surface area (Å²) in [6.45, 7) is 0. The molecule has 0 atom stereocenters. The molecule has 7 heteroatoms. The van der Waals surface area contributed by atoms with Gasteiger partial charge in [0.15, 0.2) is 5.71 Å². The first-order chi connectivity index (χ1) is 12.0. The van der Waals surface area contributed by atoms with Gasteiger partial charge in [-0.05, 0) is 51.8 Å². The van der Waals surface area contributed by atoms with Crippen molar-refractivity contribution in [2.24, 2.45) is 5.10 Å². The van der Waals surface area contributed by atoms with Gasteiger partial charge >= 0.3 is 5.97 Å². The molecule has 1 aliphatic heterocycles. The van der Waals surface area contributed by atoms with Crippen LogP contribution in [0, 0.1) is 0 Å².